The molecule has 0 amide bonds. The van der Waals surface area contributed by atoms with Gasteiger partial charge in [-0.25, -0.2) is 14.4 Å². The van der Waals surface area contributed by atoms with Crippen LogP contribution in [0.3, 0.4) is 0 Å². The van der Waals surface area contributed by atoms with Gasteiger partial charge in [-0.05, 0) is 40.7 Å². The van der Waals surface area contributed by atoms with E-state index >= 15 is 0 Å². The summed E-state index contributed by atoms with van der Waals surface area (Å²) in [4.78, 5) is 9.04. The predicted molar refractivity (Wildman–Crippen MR) is 108 cm³/mol. The van der Waals surface area contributed by atoms with Gasteiger partial charge in [0.05, 0.1) is 12.3 Å². The summed E-state index contributed by atoms with van der Waals surface area (Å²) in [5.41, 5.74) is 1.10. The number of hydrogen-bond donors (Lipinski definition) is 2. The first kappa shape index (κ1) is 19.5. The molecule has 27 heavy (non-hydrogen) atoms. The quantitative estimate of drug-likeness (QED) is 0.644. The van der Waals surface area contributed by atoms with Gasteiger partial charge in [0, 0.05) is 28.4 Å². The molecule has 2 N–H and O–H groups in total. The Bertz CT molecular complexity index is 964. The normalized spacial score (nSPS) is 12.0. The molecule has 5 nitrogen and oxygen atoms in total. The number of nitrogens with zero attached hydrogens (tertiary/aromatic N) is 2. The molecule has 0 unspecified atom stereocenters. The first-order valence-electron chi connectivity index (χ1n) is 8.82. The molecule has 144 valence electrons. The molecule has 0 aliphatic rings. The molecule has 0 spiro atoms. The lowest BCUT2D eigenvalue weighted by Crippen LogP contribution is -2.23. The van der Waals surface area contributed by atoms with Gasteiger partial charge in [-0.1, -0.05) is 6.07 Å². The van der Waals surface area contributed by atoms with Gasteiger partial charge >= 0.3 is 0 Å². The molecule has 3 rings (SSSR count). The lowest BCUT2D eigenvalue weighted by atomic mass is 10.1. The highest BCUT2D eigenvalue weighted by Crippen LogP contribution is 2.35. The number of rotatable bonds is 5. The first-order chi connectivity index (χ1) is 12.7. The van der Waals surface area contributed by atoms with E-state index < -0.39 is 11.4 Å². The Hall–Kier alpha value is -2.25. The number of benzene rings is 1. The van der Waals surface area contributed by atoms with E-state index in [-0.39, 0.29) is 23.7 Å². The van der Waals surface area contributed by atoms with Crippen molar-refractivity contribution in [2.24, 2.45) is 0 Å². The van der Waals surface area contributed by atoms with E-state index in [0.29, 0.717) is 22.5 Å². The largest absolute Gasteiger partial charge is 0.487 e. The summed E-state index contributed by atoms with van der Waals surface area (Å²) >= 11 is 1.47. The van der Waals surface area contributed by atoms with Gasteiger partial charge < -0.3 is 15.2 Å². The Morgan fingerprint density at radius 1 is 1.22 bits per heavy atom. The molecule has 0 aliphatic carbocycles. The molecule has 0 saturated carbocycles. The summed E-state index contributed by atoms with van der Waals surface area (Å²) in [6.45, 7) is 9.50. The number of hydrogen-bond acceptors (Lipinski definition) is 6. The van der Waals surface area contributed by atoms with E-state index in [2.05, 4.69) is 15.3 Å². The Balaban J connectivity index is 2.17. The summed E-state index contributed by atoms with van der Waals surface area (Å²) in [6, 6.07) is 5.34. The molecule has 0 aliphatic heterocycles. The number of nitrogens with one attached hydrogen (secondary N) is 1. The number of aromatic nitrogens is 2. The molecule has 0 atom stereocenters. The number of pyridine rings is 1. The van der Waals surface area contributed by atoms with Gasteiger partial charge in [0.2, 0.25) is 0 Å². The third kappa shape index (κ3) is 4.36. The van der Waals surface area contributed by atoms with E-state index in [0.717, 1.165) is 5.13 Å². The van der Waals surface area contributed by atoms with Gasteiger partial charge in [-0.3, -0.25) is 0 Å². The zero-order valence-electron chi connectivity index (χ0n) is 16.1. The van der Waals surface area contributed by atoms with Crippen molar-refractivity contribution in [1.29, 1.82) is 0 Å². The molecule has 3 aromatic rings. The van der Waals surface area contributed by atoms with Crippen molar-refractivity contribution in [2.75, 3.05) is 5.32 Å². The average molecular weight is 389 g/mol. The van der Waals surface area contributed by atoms with Crippen LogP contribution >= 0.6 is 11.3 Å². The fraction of sp³-hybridized carbons (Fsp3) is 0.400. The smallest absolute Gasteiger partial charge is 0.183 e. The predicted octanol–water partition coefficient (Wildman–Crippen LogP) is 4.99. The Morgan fingerprint density at radius 3 is 2.59 bits per heavy atom. The van der Waals surface area contributed by atoms with Gasteiger partial charge in [-0.15, -0.1) is 11.3 Å². The van der Waals surface area contributed by atoms with Crippen molar-refractivity contribution in [1.82, 2.24) is 9.97 Å². The fourth-order valence-electron chi connectivity index (χ4n) is 2.64. The number of aliphatic hydroxyl groups is 1. The minimum absolute atomic E-state index is 0.171. The van der Waals surface area contributed by atoms with Crippen LogP contribution in [0.25, 0.3) is 22.3 Å². The average Bonchev–Trinajstić information content (AvgIpc) is 3.02. The maximum atomic E-state index is 14.8. The van der Waals surface area contributed by atoms with Gasteiger partial charge in [-0.2, -0.15) is 0 Å². The third-order valence-electron chi connectivity index (χ3n) is 3.73. The van der Waals surface area contributed by atoms with Crippen LogP contribution in [0, 0.1) is 5.82 Å². The molecule has 0 radical (unpaired) electrons. The van der Waals surface area contributed by atoms with Crippen LogP contribution in [0.1, 0.15) is 40.2 Å². The fourth-order valence-corrected chi connectivity index (χ4v) is 3.49. The molecule has 2 aromatic heterocycles. The minimum atomic E-state index is -0.536. The van der Waals surface area contributed by atoms with Crippen LogP contribution in [-0.2, 0) is 6.61 Å². The maximum Gasteiger partial charge on any atom is 0.183 e. The van der Waals surface area contributed by atoms with Gasteiger partial charge in [0.1, 0.15) is 22.6 Å². The number of halogens is 1. The van der Waals surface area contributed by atoms with E-state index in [4.69, 9.17) is 4.74 Å². The van der Waals surface area contributed by atoms with E-state index in [1.165, 1.54) is 11.3 Å². The number of ether oxygens (including phenoxy) is 1. The van der Waals surface area contributed by atoms with E-state index in [1.54, 1.807) is 18.2 Å². The van der Waals surface area contributed by atoms with E-state index in [1.807, 2.05) is 40.0 Å². The monoisotopic (exact) mass is 389 g/mol. The third-order valence-corrected chi connectivity index (χ3v) is 4.50. The van der Waals surface area contributed by atoms with Crippen molar-refractivity contribution in [2.45, 2.75) is 52.9 Å². The lowest BCUT2D eigenvalue weighted by Gasteiger charge is -2.23. The van der Waals surface area contributed by atoms with Crippen molar-refractivity contribution in [3.63, 3.8) is 0 Å². The molecular weight excluding hydrogens is 365 g/mol. The van der Waals surface area contributed by atoms with Crippen molar-refractivity contribution in [3.05, 3.63) is 35.0 Å². The zero-order chi connectivity index (χ0) is 19.8. The summed E-state index contributed by atoms with van der Waals surface area (Å²) in [5.74, 6) is 0.00336. The zero-order valence-corrected chi connectivity index (χ0v) is 16.9. The minimum Gasteiger partial charge on any atom is -0.487 e. The Labute approximate surface area is 162 Å². The van der Waals surface area contributed by atoms with Crippen LogP contribution < -0.4 is 10.1 Å². The molecule has 1 aromatic carbocycles. The van der Waals surface area contributed by atoms with Crippen LogP contribution in [0.5, 0.6) is 5.75 Å². The highest BCUT2D eigenvalue weighted by atomic mass is 32.1. The van der Waals surface area contributed by atoms with Crippen LogP contribution in [-0.4, -0.2) is 26.7 Å². The van der Waals surface area contributed by atoms with Crippen molar-refractivity contribution in [3.8, 4) is 17.1 Å². The van der Waals surface area contributed by atoms with Crippen LogP contribution in [0.15, 0.2) is 23.6 Å². The molecule has 0 bridgehead atoms. The highest BCUT2D eigenvalue weighted by molar-refractivity contribution is 7.14. The SMILES string of the molecule is CC(C)Nc1nc(-c2cc(OC(C)(C)C)c3ccc(CO)c(F)c3n2)cs1. The standard InChI is InChI=1S/C20H24FN3O2S/c1-11(2)22-19-24-15(10-27-19)14-8-16(26-20(3,4)5)13-7-6-12(9-25)17(21)18(13)23-14/h6-8,10-11,25H,9H2,1-5H3,(H,22,24). The highest BCUT2D eigenvalue weighted by Gasteiger charge is 2.20. The summed E-state index contributed by atoms with van der Waals surface area (Å²) < 4.78 is 20.9. The molecule has 0 saturated heterocycles. The Morgan fingerprint density at radius 2 is 1.96 bits per heavy atom. The lowest BCUT2D eigenvalue weighted by molar-refractivity contribution is 0.133. The molecule has 0 fully saturated rings. The number of fused-ring (bicyclic) bond motifs is 1. The van der Waals surface area contributed by atoms with Crippen molar-refractivity contribution < 1.29 is 14.2 Å². The molecule has 7 heteroatoms. The molecular formula is C20H24FN3O2S. The Kier molecular flexibility index (Phi) is 5.35. The van der Waals surface area contributed by atoms with Crippen LogP contribution in [0.2, 0.25) is 0 Å². The molecule has 2 heterocycles. The topological polar surface area (TPSA) is 67.3 Å². The van der Waals surface area contributed by atoms with Gasteiger partial charge in [0.15, 0.2) is 10.9 Å². The second-order valence-corrected chi connectivity index (χ2v) is 8.51. The van der Waals surface area contributed by atoms with Crippen molar-refractivity contribution >= 4 is 27.4 Å². The number of aliphatic hydroxyl groups excluding tert-OH is 1. The second-order valence-electron chi connectivity index (χ2n) is 7.65. The summed E-state index contributed by atoms with van der Waals surface area (Å²) in [6.07, 6.45) is 0. The summed E-state index contributed by atoms with van der Waals surface area (Å²) in [7, 11) is 0. The first-order valence-corrected chi connectivity index (χ1v) is 9.70. The van der Waals surface area contributed by atoms with Crippen LogP contribution in [0.4, 0.5) is 9.52 Å². The summed E-state index contributed by atoms with van der Waals surface area (Å²) in [5, 5.41) is 15.9. The number of thiazole rings is 1. The second kappa shape index (κ2) is 7.40. The number of anilines is 1. The van der Waals surface area contributed by atoms with E-state index in [9.17, 15) is 9.50 Å². The van der Waals surface area contributed by atoms with Gasteiger partial charge in [0.25, 0.3) is 0 Å². The maximum absolute atomic E-state index is 14.8.